The minimum atomic E-state index is -4.09. The van der Waals surface area contributed by atoms with Gasteiger partial charge in [0.2, 0.25) is 15.9 Å². The van der Waals surface area contributed by atoms with Crippen molar-refractivity contribution >= 4 is 33.6 Å². The maximum atomic E-state index is 14.6. The summed E-state index contributed by atoms with van der Waals surface area (Å²) >= 11 is 6.20. The number of amides is 1. The normalized spacial score (nSPS) is 14.9. The molecular formula is C29H31ClFN3O3S. The number of hydrogen-bond acceptors (Lipinski definition) is 4. The monoisotopic (exact) mass is 555 g/mol. The molecule has 1 aliphatic heterocycles. The van der Waals surface area contributed by atoms with Crippen molar-refractivity contribution in [3.05, 3.63) is 106 Å². The molecule has 0 radical (unpaired) electrons. The molecule has 0 aromatic heterocycles. The standard InChI is InChI=1S/C29H31ClFN3O3S/c1-23-12-14-25(15-13-23)38(36,37)34(21-26-27(30)10-5-11-28(26)31)22-29(35)33-19-17-32(18-20-33)16-6-9-24-7-3-2-4-8-24/h2-15H,16-22H2,1H3/b9-6+. The van der Waals surface area contributed by atoms with Crippen LogP contribution in [-0.2, 0) is 21.4 Å². The SMILES string of the molecule is Cc1ccc(S(=O)(=O)N(CC(=O)N2CCN(C/C=C/c3ccccc3)CC2)Cc2c(F)cccc2Cl)cc1. The highest BCUT2D eigenvalue weighted by Gasteiger charge is 2.31. The number of hydrogen-bond donors (Lipinski definition) is 0. The highest BCUT2D eigenvalue weighted by molar-refractivity contribution is 7.89. The Labute approximate surface area is 229 Å². The predicted molar refractivity (Wildman–Crippen MR) is 149 cm³/mol. The van der Waals surface area contributed by atoms with Crippen molar-refractivity contribution in [1.82, 2.24) is 14.1 Å². The molecule has 0 spiro atoms. The van der Waals surface area contributed by atoms with Crippen molar-refractivity contribution in [2.75, 3.05) is 39.3 Å². The molecule has 0 saturated carbocycles. The molecular weight excluding hydrogens is 525 g/mol. The Morgan fingerprint density at radius 2 is 1.66 bits per heavy atom. The summed E-state index contributed by atoms with van der Waals surface area (Å²) in [6, 6.07) is 20.6. The van der Waals surface area contributed by atoms with Crippen LogP contribution >= 0.6 is 11.6 Å². The minimum Gasteiger partial charge on any atom is -0.339 e. The number of carbonyl (C=O) groups excluding carboxylic acids is 1. The number of halogens is 2. The van der Waals surface area contributed by atoms with E-state index in [9.17, 15) is 17.6 Å². The number of rotatable bonds is 9. The van der Waals surface area contributed by atoms with Gasteiger partial charge in [-0.3, -0.25) is 9.69 Å². The van der Waals surface area contributed by atoms with Crippen molar-refractivity contribution in [1.29, 1.82) is 0 Å². The molecule has 9 heteroatoms. The van der Waals surface area contributed by atoms with Crippen molar-refractivity contribution in [2.45, 2.75) is 18.4 Å². The van der Waals surface area contributed by atoms with Crippen LogP contribution in [0.15, 0.2) is 83.8 Å². The van der Waals surface area contributed by atoms with Crippen LogP contribution in [-0.4, -0.2) is 67.7 Å². The van der Waals surface area contributed by atoms with Gasteiger partial charge in [-0.2, -0.15) is 4.31 Å². The average Bonchev–Trinajstić information content (AvgIpc) is 2.91. The molecule has 38 heavy (non-hydrogen) atoms. The summed E-state index contributed by atoms with van der Waals surface area (Å²) < 4.78 is 42.7. The molecule has 1 saturated heterocycles. The quantitative estimate of drug-likeness (QED) is 0.379. The molecule has 6 nitrogen and oxygen atoms in total. The van der Waals surface area contributed by atoms with Gasteiger partial charge in [0, 0.05) is 49.9 Å². The molecule has 0 N–H and O–H groups in total. The Morgan fingerprint density at radius 1 is 0.974 bits per heavy atom. The molecule has 200 valence electrons. The van der Waals surface area contributed by atoms with Gasteiger partial charge in [0.25, 0.3) is 0 Å². The van der Waals surface area contributed by atoms with E-state index in [-0.39, 0.29) is 27.9 Å². The third-order valence-corrected chi connectivity index (χ3v) is 8.73. The van der Waals surface area contributed by atoms with Crippen molar-refractivity contribution in [2.24, 2.45) is 0 Å². The number of sulfonamides is 1. The number of nitrogens with zero attached hydrogens (tertiary/aromatic N) is 3. The lowest BCUT2D eigenvalue weighted by Gasteiger charge is -2.35. The van der Waals surface area contributed by atoms with Crippen LogP contribution in [0.3, 0.4) is 0 Å². The molecule has 1 aliphatic rings. The lowest BCUT2D eigenvalue weighted by Crippen LogP contribution is -2.51. The first kappa shape index (κ1) is 28.0. The van der Waals surface area contributed by atoms with E-state index in [1.807, 2.05) is 37.3 Å². The van der Waals surface area contributed by atoms with E-state index in [1.165, 1.54) is 30.3 Å². The summed E-state index contributed by atoms with van der Waals surface area (Å²) in [7, 11) is -4.09. The first-order valence-electron chi connectivity index (χ1n) is 12.5. The summed E-state index contributed by atoms with van der Waals surface area (Å²) in [6.45, 7) is 4.17. The molecule has 0 bridgehead atoms. The maximum Gasteiger partial charge on any atom is 0.243 e. The molecule has 0 aliphatic carbocycles. The van der Waals surface area contributed by atoms with E-state index in [4.69, 9.17) is 11.6 Å². The minimum absolute atomic E-state index is 0.0349. The summed E-state index contributed by atoms with van der Waals surface area (Å²) in [5.41, 5.74) is 2.07. The lowest BCUT2D eigenvalue weighted by molar-refractivity contribution is -0.133. The number of aryl methyl sites for hydroxylation is 1. The molecule has 4 rings (SSSR count). The van der Waals surface area contributed by atoms with Crippen LogP contribution in [0.1, 0.15) is 16.7 Å². The molecule has 1 fully saturated rings. The Kier molecular flexibility index (Phi) is 9.33. The average molecular weight is 556 g/mol. The van der Waals surface area contributed by atoms with E-state index in [2.05, 4.69) is 17.1 Å². The van der Waals surface area contributed by atoms with E-state index >= 15 is 0 Å². The highest BCUT2D eigenvalue weighted by atomic mass is 35.5. The number of carbonyl (C=O) groups is 1. The van der Waals surface area contributed by atoms with Crippen LogP contribution in [0.25, 0.3) is 6.08 Å². The Hall–Kier alpha value is -3.04. The smallest absolute Gasteiger partial charge is 0.243 e. The summed E-state index contributed by atoms with van der Waals surface area (Å²) in [5.74, 6) is -0.946. The van der Waals surface area contributed by atoms with Crippen LogP contribution in [0.5, 0.6) is 0 Å². The van der Waals surface area contributed by atoms with Gasteiger partial charge in [0.1, 0.15) is 5.82 Å². The topological polar surface area (TPSA) is 60.9 Å². The lowest BCUT2D eigenvalue weighted by atomic mass is 10.2. The summed E-state index contributed by atoms with van der Waals surface area (Å²) in [5, 5.41) is 0.110. The zero-order valence-electron chi connectivity index (χ0n) is 21.3. The Balaban J connectivity index is 1.44. The van der Waals surface area contributed by atoms with Crippen LogP contribution in [0, 0.1) is 12.7 Å². The maximum absolute atomic E-state index is 14.6. The van der Waals surface area contributed by atoms with Gasteiger partial charge in [-0.1, -0.05) is 77.8 Å². The second kappa shape index (κ2) is 12.7. The largest absolute Gasteiger partial charge is 0.339 e. The molecule has 1 amide bonds. The van der Waals surface area contributed by atoms with E-state index in [0.717, 1.165) is 22.0 Å². The van der Waals surface area contributed by atoms with Crippen LogP contribution in [0.2, 0.25) is 5.02 Å². The number of benzene rings is 3. The first-order valence-corrected chi connectivity index (χ1v) is 14.3. The van der Waals surface area contributed by atoms with Crippen LogP contribution < -0.4 is 0 Å². The second-order valence-corrected chi connectivity index (χ2v) is 11.6. The van der Waals surface area contributed by atoms with Gasteiger partial charge in [-0.05, 0) is 36.8 Å². The zero-order chi connectivity index (χ0) is 27.1. The highest BCUT2D eigenvalue weighted by Crippen LogP contribution is 2.25. The summed E-state index contributed by atoms with van der Waals surface area (Å²) in [6.07, 6.45) is 4.17. The van der Waals surface area contributed by atoms with Gasteiger partial charge in [-0.15, -0.1) is 0 Å². The fourth-order valence-electron chi connectivity index (χ4n) is 4.28. The molecule has 3 aromatic rings. The fraction of sp³-hybridized carbons (Fsp3) is 0.276. The Morgan fingerprint density at radius 3 is 2.32 bits per heavy atom. The van der Waals surface area contributed by atoms with E-state index in [1.54, 1.807) is 17.0 Å². The van der Waals surface area contributed by atoms with Crippen LogP contribution in [0.4, 0.5) is 4.39 Å². The predicted octanol–water partition coefficient (Wildman–Crippen LogP) is 4.84. The number of piperazine rings is 1. The molecule has 1 heterocycles. The van der Waals surface area contributed by atoms with Gasteiger partial charge in [-0.25, -0.2) is 12.8 Å². The van der Waals surface area contributed by atoms with E-state index in [0.29, 0.717) is 26.2 Å². The zero-order valence-corrected chi connectivity index (χ0v) is 22.8. The third-order valence-electron chi connectivity index (χ3n) is 6.57. The van der Waals surface area contributed by atoms with Gasteiger partial charge in [0.15, 0.2) is 0 Å². The fourth-order valence-corrected chi connectivity index (χ4v) is 5.86. The third kappa shape index (κ3) is 7.08. The van der Waals surface area contributed by atoms with E-state index < -0.39 is 22.4 Å². The molecule has 3 aromatic carbocycles. The van der Waals surface area contributed by atoms with Crippen molar-refractivity contribution < 1.29 is 17.6 Å². The van der Waals surface area contributed by atoms with Gasteiger partial charge in [0.05, 0.1) is 11.4 Å². The van der Waals surface area contributed by atoms with Gasteiger partial charge < -0.3 is 4.90 Å². The van der Waals surface area contributed by atoms with Crippen molar-refractivity contribution in [3.63, 3.8) is 0 Å². The first-order chi connectivity index (χ1) is 18.2. The second-order valence-electron chi connectivity index (χ2n) is 9.28. The van der Waals surface area contributed by atoms with Gasteiger partial charge >= 0.3 is 0 Å². The molecule has 0 unspecified atom stereocenters. The molecule has 0 atom stereocenters. The Bertz CT molecular complexity index is 1350. The van der Waals surface area contributed by atoms with Crippen molar-refractivity contribution in [3.8, 4) is 0 Å². The summed E-state index contributed by atoms with van der Waals surface area (Å²) in [4.78, 5) is 17.2.